The van der Waals surface area contributed by atoms with Crippen LogP contribution < -0.4 is 4.74 Å². The van der Waals surface area contributed by atoms with Gasteiger partial charge < -0.3 is 18.9 Å². The normalized spacial score (nSPS) is 20.0. The summed E-state index contributed by atoms with van der Waals surface area (Å²) in [4.78, 5) is 24.7. The van der Waals surface area contributed by atoms with E-state index in [0.717, 1.165) is 11.3 Å². The molecule has 0 radical (unpaired) electrons. The molecule has 2 atom stereocenters. The number of carbonyl (C=O) groups excluding carboxylic acids is 2. The highest BCUT2D eigenvalue weighted by Crippen LogP contribution is 2.40. The molecular formula is C18H24O6. The van der Waals surface area contributed by atoms with Crippen LogP contribution in [0.5, 0.6) is 5.75 Å². The Morgan fingerprint density at radius 3 is 2.21 bits per heavy atom. The zero-order valence-electron chi connectivity index (χ0n) is 14.3. The number of esters is 2. The predicted octanol–water partition coefficient (Wildman–Crippen LogP) is 2.52. The minimum Gasteiger partial charge on any atom is -0.497 e. The molecule has 1 aliphatic rings. The molecule has 1 unspecified atom stereocenters. The van der Waals surface area contributed by atoms with E-state index in [1.807, 2.05) is 24.3 Å². The maximum atomic E-state index is 12.3. The number of hydrogen-bond acceptors (Lipinski definition) is 6. The van der Waals surface area contributed by atoms with Gasteiger partial charge in [-0.25, -0.2) is 0 Å². The Labute approximate surface area is 142 Å². The van der Waals surface area contributed by atoms with E-state index in [9.17, 15) is 9.59 Å². The van der Waals surface area contributed by atoms with Crippen molar-refractivity contribution < 1.29 is 28.5 Å². The monoisotopic (exact) mass is 336 g/mol. The SMILES string of the molecule is CCOC(=O)C(C(=O)OCC)[C@@H]1CCOC1c1ccc(OC)cc1. The third-order valence-corrected chi connectivity index (χ3v) is 4.09. The first-order valence-corrected chi connectivity index (χ1v) is 8.21. The van der Waals surface area contributed by atoms with Crippen LogP contribution in [0.3, 0.4) is 0 Å². The highest BCUT2D eigenvalue weighted by atomic mass is 16.6. The molecule has 1 fully saturated rings. The fourth-order valence-electron chi connectivity index (χ4n) is 2.99. The van der Waals surface area contributed by atoms with Crippen LogP contribution in [0.2, 0.25) is 0 Å². The second kappa shape index (κ2) is 8.68. The van der Waals surface area contributed by atoms with E-state index in [4.69, 9.17) is 18.9 Å². The van der Waals surface area contributed by atoms with Crippen LogP contribution in [-0.4, -0.2) is 38.9 Å². The van der Waals surface area contributed by atoms with Crippen molar-refractivity contribution in [2.75, 3.05) is 26.9 Å². The molecule has 6 heteroatoms. The van der Waals surface area contributed by atoms with Gasteiger partial charge in [-0.05, 0) is 38.0 Å². The van der Waals surface area contributed by atoms with E-state index in [1.165, 1.54) is 0 Å². The summed E-state index contributed by atoms with van der Waals surface area (Å²) in [5.41, 5.74) is 0.900. The first-order valence-electron chi connectivity index (χ1n) is 8.21. The van der Waals surface area contributed by atoms with Gasteiger partial charge in [0, 0.05) is 12.5 Å². The molecule has 0 saturated carbocycles. The van der Waals surface area contributed by atoms with Crippen molar-refractivity contribution in [2.45, 2.75) is 26.4 Å². The molecule has 1 heterocycles. The molecule has 0 N–H and O–H groups in total. The van der Waals surface area contributed by atoms with Crippen molar-refractivity contribution in [3.05, 3.63) is 29.8 Å². The lowest BCUT2D eigenvalue weighted by molar-refractivity contribution is -0.165. The Hall–Kier alpha value is -2.08. The highest BCUT2D eigenvalue weighted by molar-refractivity contribution is 5.95. The average Bonchev–Trinajstić information content (AvgIpc) is 3.05. The van der Waals surface area contributed by atoms with E-state index in [0.29, 0.717) is 13.0 Å². The number of methoxy groups -OCH3 is 1. The molecule has 1 saturated heterocycles. The minimum absolute atomic E-state index is 0.218. The van der Waals surface area contributed by atoms with Crippen LogP contribution in [0.15, 0.2) is 24.3 Å². The van der Waals surface area contributed by atoms with E-state index in [-0.39, 0.29) is 25.2 Å². The third-order valence-electron chi connectivity index (χ3n) is 4.09. The molecule has 132 valence electrons. The Balaban J connectivity index is 2.25. The molecule has 0 aliphatic carbocycles. The Bertz CT molecular complexity index is 535. The molecule has 0 aromatic heterocycles. The zero-order valence-corrected chi connectivity index (χ0v) is 14.3. The summed E-state index contributed by atoms with van der Waals surface area (Å²) in [6.45, 7) is 4.35. The fraction of sp³-hybridized carbons (Fsp3) is 0.556. The Kier molecular flexibility index (Phi) is 6.61. The first-order chi connectivity index (χ1) is 11.6. The van der Waals surface area contributed by atoms with Crippen molar-refractivity contribution in [1.82, 2.24) is 0 Å². The van der Waals surface area contributed by atoms with Crippen molar-refractivity contribution in [3.8, 4) is 5.75 Å². The summed E-state index contributed by atoms with van der Waals surface area (Å²) in [6, 6.07) is 7.43. The molecule has 1 aliphatic heterocycles. The maximum Gasteiger partial charge on any atom is 0.320 e. The van der Waals surface area contributed by atoms with Gasteiger partial charge in [-0.3, -0.25) is 9.59 Å². The number of rotatable bonds is 7. The van der Waals surface area contributed by atoms with Crippen LogP contribution >= 0.6 is 0 Å². The lowest BCUT2D eigenvalue weighted by atomic mass is 9.83. The minimum atomic E-state index is -0.973. The van der Waals surface area contributed by atoms with Gasteiger partial charge in [-0.15, -0.1) is 0 Å². The Morgan fingerprint density at radius 1 is 1.12 bits per heavy atom. The van der Waals surface area contributed by atoms with Crippen LogP contribution in [0, 0.1) is 11.8 Å². The maximum absolute atomic E-state index is 12.3. The van der Waals surface area contributed by atoms with Crippen LogP contribution in [0.4, 0.5) is 0 Å². The average molecular weight is 336 g/mol. The van der Waals surface area contributed by atoms with Gasteiger partial charge in [0.25, 0.3) is 0 Å². The van der Waals surface area contributed by atoms with Gasteiger partial charge in [0.05, 0.1) is 26.4 Å². The molecule has 1 aromatic rings. The molecule has 24 heavy (non-hydrogen) atoms. The van der Waals surface area contributed by atoms with Crippen molar-refractivity contribution in [3.63, 3.8) is 0 Å². The first kappa shape index (κ1) is 18.3. The molecule has 2 rings (SSSR count). The van der Waals surface area contributed by atoms with Crippen LogP contribution in [-0.2, 0) is 23.8 Å². The van der Waals surface area contributed by atoms with Crippen molar-refractivity contribution in [1.29, 1.82) is 0 Å². The second-order valence-electron chi connectivity index (χ2n) is 5.50. The van der Waals surface area contributed by atoms with Gasteiger partial charge in [0.2, 0.25) is 0 Å². The molecular weight excluding hydrogens is 312 g/mol. The van der Waals surface area contributed by atoms with E-state index < -0.39 is 17.9 Å². The number of hydrogen-bond donors (Lipinski definition) is 0. The van der Waals surface area contributed by atoms with E-state index in [2.05, 4.69) is 0 Å². The van der Waals surface area contributed by atoms with E-state index in [1.54, 1.807) is 21.0 Å². The molecule has 0 spiro atoms. The number of carbonyl (C=O) groups is 2. The molecule has 0 amide bonds. The quantitative estimate of drug-likeness (QED) is 0.563. The number of benzene rings is 1. The third kappa shape index (κ3) is 4.06. The number of ether oxygens (including phenoxy) is 4. The van der Waals surface area contributed by atoms with Crippen molar-refractivity contribution >= 4 is 11.9 Å². The zero-order chi connectivity index (χ0) is 17.5. The van der Waals surface area contributed by atoms with E-state index >= 15 is 0 Å². The van der Waals surface area contributed by atoms with Crippen molar-refractivity contribution in [2.24, 2.45) is 11.8 Å². The highest BCUT2D eigenvalue weighted by Gasteiger charge is 2.45. The summed E-state index contributed by atoms with van der Waals surface area (Å²) in [6.07, 6.45) is 0.244. The van der Waals surface area contributed by atoms with Gasteiger partial charge in [-0.1, -0.05) is 12.1 Å². The summed E-state index contributed by atoms with van der Waals surface area (Å²) in [5.74, 6) is -1.65. The summed E-state index contributed by atoms with van der Waals surface area (Å²) >= 11 is 0. The molecule has 0 bridgehead atoms. The standard InChI is InChI=1S/C18H24O6/c1-4-22-17(19)15(18(20)23-5-2)14-10-11-24-16(14)12-6-8-13(21-3)9-7-12/h6-9,14-16H,4-5,10-11H2,1-3H3/t14-,16?/m0/s1. The van der Waals surface area contributed by atoms with Crippen LogP contribution in [0.25, 0.3) is 0 Å². The van der Waals surface area contributed by atoms with Gasteiger partial charge in [-0.2, -0.15) is 0 Å². The smallest absolute Gasteiger partial charge is 0.320 e. The predicted molar refractivity (Wildman–Crippen MR) is 86.6 cm³/mol. The lowest BCUT2D eigenvalue weighted by Gasteiger charge is -2.25. The van der Waals surface area contributed by atoms with Gasteiger partial charge >= 0.3 is 11.9 Å². The van der Waals surface area contributed by atoms with Crippen LogP contribution in [0.1, 0.15) is 31.9 Å². The van der Waals surface area contributed by atoms with Gasteiger partial charge in [0.1, 0.15) is 5.75 Å². The topological polar surface area (TPSA) is 71.1 Å². The lowest BCUT2D eigenvalue weighted by Crippen LogP contribution is -2.35. The molecule has 6 nitrogen and oxygen atoms in total. The molecule has 1 aromatic carbocycles. The fourth-order valence-corrected chi connectivity index (χ4v) is 2.99. The largest absolute Gasteiger partial charge is 0.497 e. The Morgan fingerprint density at radius 2 is 1.71 bits per heavy atom. The summed E-state index contributed by atoms with van der Waals surface area (Å²) < 4.78 is 21.1. The summed E-state index contributed by atoms with van der Waals surface area (Å²) in [7, 11) is 1.60. The second-order valence-corrected chi connectivity index (χ2v) is 5.50. The summed E-state index contributed by atoms with van der Waals surface area (Å²) in [5, 5.41) is 0. The van der Waals surface area contributed by atoms with Gasteiger partial charge in [0.15, 0.2) is 5.92 Å².